The third kappa shape index (κ3) is 1.62. The van der Waals surface area contributed by atoms with Gasteiger partial charge in [0.25, 0.3) is 0 Å². The second kappa shape index (κ2) is 3.46. The van der Waals surface area contributed by atoms with Gasteiger partial charge in [-0.25, -0.2) is 4.98 Å². The fraction of sp³-hybridized carbons (Fsp3) is 0.625. The van der Waals surface area contributed by atoms with Gasteiger partial charge in [0.05, 0.1) is 6.04 Å². The van der Waals surface area contributed by atoms with Crippen LogP contribution in [0.2, 0.25) is 0 Å². The van der Waals surface area contributed by atoms with Crippen LogP contribution in [0.25, 0.3) is 0 Å². The molecule has 0 spiro atoms. The van der Waals surface area contributed by atoms with E-state index in [0.29, 0.717) is 5.92 Å². The summed E-state index contributed by atoms with van der Waals surface area (Å²) >= 11 is 0. The van der Waals surface area contributed by atoms with Crippen molar-refractivity contribution >= 4 is 12.4 Å². The Kier molecular flexibility index (Phi) is 2.75. The van der Waals surface area contributed by atoms with E-state index >= 15 is 0 Å². The maximum Gasteiger partial charge on any atom is 0.125 e. The van der Waals surface area contributed by atoms with Crippen molar-refractivity contribution in [2.45, 2.75) is 18.9 Å². The first-order valence-corrected chi connectivity index (χ1v) is 4.02. The average Bonchev–Trinajstić information content (AvgIpc) is 2.74. The monoisotopic (exact) mass is 187 g/mol. The molecule has 1 saturated carbocycles. The van der Waals surface area contributed by atoms with E-state index < -0.39 is 0 Å². The summed E-state index contributed by atoms with van der Waals surface area (Å²) < 4.78 is 2.00. The van der Waals surface area contributed by atoms with Crippen LogP contribution in [0, 0.1) is 5.92 Å². The third-order valence-corrected chi connectivity index (χ3v) is 2.29. The molecule has 1 aromatic heterocycles. The SMILES string of the molecule is Cl.Cn1ccnc1C(N)C1CC1. The molecule has 0 saturated heterocycles. The van der Waals surface area contributed by atoms with Gasteiger partial charge in [0.1, 0.15) is 5.82 Å². The Balaban J connectivity index is 0.000000720. The van der Waals surface area contributed by atoms with Gasteiger partial charge in [-0.1, -0.05) is 0 Å². The maximum absolute atomic E-state index is 5.96. The predicted molar refractivity (Wildman–Crippen MR) is 50.1 cm³/mol. The summed E-state index contributed by atoms with van der Waals surface area (Å²) in [4.78, 5) is 4.21. The molecule has 1 aliphatic carbocycles. The molecular formula is C8H14ClN3. The number of halogens is 1. The third-order valence-electron chi connectivity index (χ3n) is 2.29. The van der Waals surface area contributed by atoms with Crippen LogP contribution in [0.15, 0.2) is 12.4 Å². The van der Waals surface area contributed by atoms with Gasteiger partial charge < -0.3 is 10.3 Å². The fourth-order valence-electron chi connectivity index (χ4n) is 1.36. The van der Waals surface area contributed by atoms with Crippen molar-refractivity contribution in [1.29, 1.82) is 0 Å². The Morgan fingerprint density at radius 2 is 2.33 bits per heavy atom. The van der Waals surface area contributed by atoms with E-state index in [1.165, 1.54) is 12.8 Å². The van der Waals surface area contributed by atoms with E-state index in [-0.39, 0.29) is 18.4 Å². The van der Waals surface area contributed by atoms with Crippen molar-refractivity contribution in [1.82, 2.24) is 9.55 Å². The highest BCUT2D eigenvalue weighted by Crippen LogP contribution is 2.38. The van der Waals surface area contributed by atoms with Gasteiger partial charge in [-0.05, 0) is 18.8 Å². The van der Waals surface area contributed by atoms with Gasteiger partial charge in [0.2, 0.25) is 0 Å². The van der Waals surface area contributed by atoms with Crippen molar-refractivity contribution < 1.29 is 0 Å². The van der Waals surface area contributed by atoms with Crippen LogP contribution >= 0.6 is 12.4 Å². The molecule has 1 aliphatic rings. The molecule has 2 N–H and O–H groups in total. The van der Waals surface area contributed by atoms with Crippen LogP contribution < -0.4 is 5.73 Å². The summed E-state index contributed by atoms with van der Waals surface area (Å²) in [7, 11) is 1.99. The first kappa shape index (κ1) is 9.55. The molecule has 1 unspecified atom stereocenters. The Bertz CT molecular complexity index is 255. The van der Waals surface area contributed by atoms with E-state index in [9.17, 15) is 0 Å². The van der Waals surface area contributed by atoms with Crippen LogP contribution in [0.3, 0.4) is 0 Å². The van der Waals surface area contributed by atoms with E-state index in [0.717, 1.165) is 5.82 Å². The molecular weight excluding hydrogens is 174 g/mol. The molecule has 1 aromatic rings. The van der Waals surface area contributed by atoms with Gasteiger partial charge in [-0.15, -0.1) is 12.4 Å². The molecule has 2 rings (SSSR count). The highest BCUT2D eigenvalue weighted by Gasteiger charge is 2.31. The molecule has 0 aromatic carbocycles. The summed E-state index contributed by atoms with van der Waals surface area (Å²) in [5.41, 5.74) is 5.96. The quantitative estimate of drug-likeness (QED) is 0.758. The summed E-state index contributed by atoms with van der Waals surface area (Å²) in [5.74, 6) is 1.71. The van der Waals surface area contributed by atoms with E-state index in [1.807, 2.05) is 17.8 Å². The highest BCUT2D eigenvalue weighted by molar-refractivity contribution is 5.85. The van der Waals surface area contributed by atoms with Crippen molar-refractivity contribution in [3.63, 3.8) is 0 Å². The topological polar surface area (TPSA) is 43.8 Å². The number of aryl methyl sites for hydroxylation is 1. The number of imidazole rings is 1. The molecule has 4 heteroatoms. The molecule has 1 atom stereocenters. The van der Waals surface area contributed by atoms with Crippen molar-refractivity contribution in [2.75, 3.05) is 0 Å². The molecule has 12 heavy (non-hydrogen) atoms. The number of hydrogen-bond donors (Lipinski definition) is 1. The second-order valence-corrected chi connectivity index (χ2v) is 3.26. The maximum atomic E-state index is 5.96. The average molecular weight is 188 g/mol. The molecule has 1 fully saturated rings. The smallest absolute Gasteiger partial charge is 0.125 e. The number of hydrogen-bond acceptors (Lipinski definition) is 2. The van der Waals surface area contributed by atoms with Gasteiger partial charge in [0.15, 0.2) is 0 Å². The van der Waals surface area contributed by atoms with Gasteiger partial charge in [-0.3, -0.25) is 0 Å². The van der Waals surface area contributed by atoms with Crippen molar-refractivity contribution in [2.24, 2.45) is 18.7 Å². The largest absolute Gasteiger partial charge is 0.337 e. The number of rotatable bonds is 2. The molecule has 0 amide bonds. The lowest BCUT2D eigenvalue weighted by atomic mass is 10.2. The summed E-state index contributed by atoms with van der Waals surface area (Å²) in [6.07, 6.45) is 6.29. The lowest BCUT2D eigenvalue weighted by Crippen LogP contribution is -2.16. The standard InChI is InChI=1S/C8H13N3.ClH/c1-11-5-4-10-8(11)7(9)6-2-3-6;/h4-7H,2-3,9H2,1H3;1H. The zero-order valence-corrected chi connectivity index (χ0v) is 7.92. The van der Waals surface area contributed by atoms with Crippen LogP contribution in [-0.2, 0) is 7.05 Å². The minimum atomic E-state index is 0. The number of aromatic nitrogens is 2. The number of nitrogens with two attached hydrogens (primary N) is 1. The number of nitrogens with zero attached hydrogens (tertiary/aromatic N) is 2. The van der Waals surface area contributed by atoms with E-state index in [2.05, 4.69) is 4.98 Å². The predicted octanol–water partition coefficient (Wildman–Crippen LogP) is 1.25. The highest BCUT2D eigenvalue weighted by atomic mass is 35.5. The van der Waals surface area contributed by atoms with Crippen molar-refractivity contribution in [3.05, 3.63) is 18.2 Å². The second-order valence-electron chi connectivity index (χ2n) is 3.26. The minimum Gasteiger partial charge on any atom is -0.337 e. The Morgan fingerprint density at radius 1 is 1.67 bits per heavy atom. The fourth-order valence-corrected chi connectivity index (χ4v) is 1.36. The Hall–Kier alpha value is -0.540. The minimum absolute atomic E-state index is 0. The lowest BCUT2D eigenvalue weighted by Gasteiger charge is -2.08. The lowest BCUT2D eigenvalue weighted by molar-refractivity contribution is 0.570. The van der Waals surface area contributed by atoms with Crippen LogP contribution in [0.1, 0.15) is 24.7 Å². The van der Waals surface area contributed by atoms with Crippen LogP contribution in [-0.4, -0.2) is 9.55 Å². The normalized spacial score (nSPS) is 18.5. The summed E-state index contributed by atoms with van der Waals surface area (Å²) in [6, 6.07) is 0.162. The van der Waals surface area contributed by atoms with E-state index in [4.69, 9.17) is 5.73 Å². The summed E-state index contributed by atoms with van der Waals surface area (Å²) in [5, 5.41) is 0. The van der Waals surface area contributed by atoms with Gasteiger partial charge in [0, 0.05) is 19.4 Å². The molecule has 0 aliphatic heterocycles. The van der Waals surface area contributed by atoms with Crippen LogP contribution in [0.5, 0.6) is 0 Å². The van der Waals surface area contributed by atoms with Gasteiger partial charge in [-0.2, -0.15) is 0 Å². The van der Waals surface area contributed by atoms with E-state index in [1.54, 1.807) is 6.20 Å². The van der Waals surface area contributed by atoms with Crippen LogP contribution in [0.4, 0.5) is 0 Å². The first-order chi connectivity index (χ1) is 5.29. The van der Waals surface area contributed by atoms with Crippen molar-refractivity contribution in [3.8, 4) is 0 Å². The molecule has 0 bridgehead atoms. The van der Waals surface area contributed by atoms with Gasteiger partial charge >= 0.3 is 0 Å². The summed E-state index contributed by atoms with van der Waals surface area (Å²) in [6.45, 7) is 0. The first-order valence-electron chi connectivity index (χ1n) is 4.02. The zero-order chi connectivity index (χ0) is 7.84. The Labute approximate surface area is 78.4 Å². The molecule has 3 nitrogen and oxygen atoms in total. The molecule has 68 valence electrons. The molecule has 1 heterocycles. The zero-order valence-electron chi connectivity index (χ0n) is 7.10. The molecule has 0 radical (unpaired) electrons. The Morgan fingerprint density at radius 3 is 2.75 bits per heavy atom.